The highest BCUT2D eigenvalue weighted by Crippen LogP contribution is 2.26. The van der Waals surface area contributed by atoms with Gasteiger partial charge in [-0.3, -0.25) is 9.69 Å². The first-order valence-electron chi connectivity index (χ1n) is 11.4. The maximum Gasteiger partial charge on any atom is 0.328 e. The fraction of sp³-hybridized carbons (Fsp3) is 0.346. The average molecular weight is 485 g/mol. The predicted octanol–water partition coefficient (Wildman–Crippen LogP) is 3.28. The quantitative estimate of drug-likeness (QED) is 0.554. The van der Waals surface area contributed by atoms with Crippen molar-refractivity contribution in [1.29, 1.82) is 0 Å². The Morgan fingerprint density at radius 2 is 1.63 bits per heavy atom. The lowest BCUT2D eigenvalue weighted by atomic mass is 9.96. The minimum absolute atomic E-state index is 0.173. The Kier molecular flexibility index (Phi) is 9.37. The maximum atomic E-state index is 13.6. The first kappa shape index (κ1) is 25.9. The Morgan fingerprint density at radius 3 is 2.26 bits per heavy atom. The summed E-state index contributed by atoms with van der Waals surface area (Å²) in [5, 5.41) is 15.6. The number of rotatable bonds is 8. The van der Waals surface area contributed by atoms with E-state index in [2.05, 4.69) is 4.90 Å². The Morgan fingerprint density at radius 1 is 1.00 bits per heavy atom. The number of carbonyl (C=O) groups excluding carboxylic acids is 1. The third kappa shape index (κ3) is 7.92. The highest BCUT2D eigenvalue weighted by Gasteiger charge is 2.30. The SMILES string of the molecule is O=C(O)C=CC(=O)O.O=C1c2ccccc2CN1CC1CCN(CCOc2ccccc2F)CC1. The van der Waals surface area contributed by atoms with Gasteiger partial charge in [0.25, 0.3) is 5.91 Å². The normalized spacial score (nSPS) is 16.0. The van der Waals surface area contributed by atoms with E-state index in [-0.39, 0.29) is 11.7 Å². The molecule has 0 saturated carbocycles. The summed E-state index contributed by atoms with van der Waals surface area (Å²) in [7, 11) is 0. The zero-order valence-corrected chi connectivity index (χ0v) is 19.3. The van der Waals surface area contributed by atoms with Gasteiger partial charge in [0.15, 0.2) is 11.6 Å². The second-order valence-electron chi connectivity index (χ2n) is 8.42. The number of carboxylic acid groups (broad SMARTS) is 2. The number of amides is 1. The molecule has 0 aromatic heterocycles. The zero-order valence-electron chi connectivity index (χ0n) is 19.3. The van der Waals surface area contributed by atoms with E-state index >= 15 is 0 Å². The molecule has 0 unspecified atom stereocenters. The molecule has 186 valence electrons. The highest BCUT2D eigenvalue weighted by atomic mass is 19.1. The monoisotopic (exact) mass is 484 g/mol. The van der Waals surface area contributed by atoms with Crippen molar-refractivity contribution in [3.63, 3.8) is 0 Å². The van der Waals surface area contributed by atoms with Crippen LogP contribution in [-0.2, 0) is 16.1 Å². The van der Waals surface area contributed by atoms with Crippen LogP contribution < -0.4 is 4.74 Å². The molecule has 0 atom stereocenters. The van der Waals surface area contributed by atoms with Crippen LogP contribution in [0.1, 0.15) is 28.8 Å². The van der Waals surface area contributed by atoms with Crippen molar-refractivity contribution in [2.45, 2.75) is 19.4 Å². The van der Waals surface area contributed by atoms with E-state index in [0.29, 0.717) is 30.4 Å². The van der Waals surface area contributed by atoms with Gasteiger partial charge in [-0.1, -0.05) is 30.3 Å². The van der Waals surface area contributed by atoms with Crippen LogP contribution >= 0.6 is 0 Å². The minimum atomic E-state index is -1.26. The summed E-state index contributed by atoms with van der Waals surface area (Å²) in [6.45, 7) is 4.87. The second kappa shape index (κ2) is 12.7. The predicted molar refractivity (Wildman–Crippen MR) is 127 cm³/mol. The number of ether oxygens (including phenoxy) is 1. The Labute approximate surface area is 203 Å². The minimum Gasteiger partial charge on any atom is -0.489 e. The van der Waals surface area contributed by atoms with Crippen LogP contribution in [0.2, 0.25) is 0 Å². The third-order valence-corrected chi connectivity index (χ3v) is 5.95. The standard InChI is InChI=1S/C22H25FN2O2.C4H4O4/c23-20-7-3-4-8-21(20)27-14-13-24-11-9-17(10-12-24)15-25-16-18-5-1-2-6-19(18)22(25)26;5-3(6)1-2-4(7)8/h1-8,17H,9-16H2;1-2H,(H,5,6)(H,7,8). The Balaban J connectivity index is 0.000000371. The first-order chi connectivity index (χ1) is 16.8. The van der Waals surface area contributed by atoms with Crippen molar-refractivity contribution in [3.8, 4) is 5.75 Å². The number of piperidine rings is 1. The van der Waals surface area contributed by atoms with Crippen LogP contribution in [0.25, 0.3) is 0 Å². The molecule has 0 bridgehead atoms. The fourth-order valence-electron chi connectivity index (χ4n) is 4.16. The van der Waals surface area contributed by atoms with Crippen LogP contribution in [0, 0.1) is 11.7 Å². The van der Waals surface area contributed by atoms with Crippen molar-refractivity contribution < 1.29 is 33.7 Å². The van der Waals surface area contributed by atoms with Gasteiger partial charge >= 0.3 is 11.9 Å². The summed E-state index contributed by atoms with van der Waals surface area (Å²) in [4.78, 5) is 36.0. The number of hydrogen-bond donors (Lipinski definition) is 2. The molecule has 2 aliphatic heterocycles. The largest absolute Gasteiger partial charge is 0.489 e. The summed E-state index contributed by atoms with van der Waals surface area (Å²) < 4.78 is 19.1. The van der Waals surface area contributed by atoms with Gasteiger partial charge in [-0.05, 0) is 55.6 Å². The van der Waals surface area contributed by atoms with Gasteiger partial charge in [0.2, 0.25) is 0 Å². The van der Waals surface area contributed by atoms with Gasteiger partial charge in [-0.25, -0.2) is 14.0 Å². The number of fused-ring (bicyclic) bond motifs is 1. The van der Waals surface area contributed by atoms with Crippen molar-refractivity contribution in [3.05, 3.63) is 77.6 Å². The van der Waals surface area contributed by atoms with Crippen LogP contribution in [-0.4, -0.2) is 70.6 Å². The molecule has 1 amide bonds. The van der Waals surface area contributed by atoms with E-state index in [1.165, 1.54) is 6.07 Å². The lowest BCUT2D eigenvalue weighted by molar-refractivity contribution is -0.134. The first-order valence-corrected chi connectivity index (χ1v) is 11.4. The number of halogens is 1. The van der Waals surface area contributed by atoms with Crippen molar-refractivity contribution in [1.82, 2.24) is 9.80 Å². The lowest BCUT2D eigenvalue weighted by Crippen LogP contribution is -2.40. The molecular formula is C26H29FN2O6. The molecule has 0 radical (unpaired) electrons. The smallest absolute Gasteiger partial charge is 0.328 e. The molecule has 2 N–H and O–H groups in total. The van der Waals surface area contributed by atoms with Gasteiger partial charge < -0.3 is 19.8 Å². The number of likely N-dealkylation sites (tertiary alicyclic amines) is 1. The third-order valence-electron chi connectivity index (χ3n) is 5.95. The summed E-state index contributed by atoms with van der Waals surface area (Å²) in [6.07, 6.45) is 3.28. The molecule has 0 aliphatic carbocycles. The summed E-state index contributed by atoms with van der Waals surface area (Å²) in [5.74, 6) is -1.79. The second-order valence-corrected chi connectivity index (χ2v) is 8.42. The average Bonchev–Trinajstić information content (AvgIpc) is 3.16. The van der Waals surface area contributed by atoms with Gasteiger partial charge in [-0.15, -0.1) is 0 Å². The van der Waals surface area contributed by atoms with E-state index in [4.69, 9.17) is 14.9 Å². The molecule has 9 heteroatoms. The van der Waals surface area contributed by atoms with Crippen molar-refractivity contribution >= 4 is 17.8 Å². The summed E-state index contributed by atoms with van der Waals surface area (Å²) >= 11 is 0. The van der Waals surface area contributed by atoms with Gasteiger partial charge in [0, 0.05) is 37.3 Å². The van der Waals surface area contributed by atoms with Crippen molar-refractivity contribution in [2.24, 2.45) is 5.92 Å². The number of aliphatic carboxylic acids is 2. The van der Waals surface area contributed by atoms with Crippen LogP contribution in [0.15, 0.2) is 60.7 Å². The molecule has 2 aliphatic rings. The molecular weight excluding hydrogens is 455 g/mol. The van der Waals surface area contributed by atoms with Gasteiger partial charge in [-0.2, -0.15) is 0 Å². The van der Waals surface area contributed by atoms with E-state index in [1.54, 1.807) is 18.2 Å². The molecule has 2 aromatic carbocycles. The summed E-state index contributed by atoms with van der Waals surface area (Å²) in [5.41, 5.74) is 2.01. The molecule has 1 saturated heterocycles. The molecule has 2 heterocycles. The van der Waals surface area contributed by atoms with Crippen LogP contribution in [0.4, 0.5) is 4.39 Å². The number of carbonyl (C=O) groups is 3. The molecule has 8 nitrogen and oxygen atoms in total. The summed E-state index contributed by atoms with van der Waals surface area (Å²) in [6, 6.07) is 14.4. The number of hydrogen-bond acceptors (Lipinski definition) is 5. The Hall–Kier alpha value is -3.72. The van der Waals surface area contributed by atoms with E-state index in [1.807, 2.05) is 29.2 Å². The lowest BCUT2D eigenvalue weighted by Gasteiger charge is -2.33. The van der Waals surface area contributed by atoms with Crippen LogP contribution in [0.5, 0.6) is 5.75 Å². The fourth-order valence-corrected chi connectivity index (χ4v) is 4.16. The maximum absolute atomic E-state index is 13.6. The van der Waals surface area contributed by atoms with Crippen LogP contribution in [0.3, 0.4) is 0 Å². The number of para-hydroxylation sites is 1. The van der Waals surface area contributed by atoms with E-state index < -0.39 is 11.9 Å². The van der Waals surface area contributed by atoms with E-state index in [0.717, 1.165) is 56.7 Å². The zero-order chi connectivity index (χ0) is 25.2. The molecule has 0 spiro atoms. The van der Waals surface area contributed by atoms with Crippen molar-refractivity contribution in [2.75, 3.05) is 32.8 Å². The number of benzene rings is 2. The molecule has 2 aromatic rings. The van der Waals surface area contributed by atoms with Gasteiger partial charge in [0.05, 0.1) is 0 Å². The molecule has 35 heavy (non-hydrogen) atoms. The van der Waals surface area contributed by atoms with Gasteiger partial charge in [0.1, 0.15) is 6.61 Å². The number of nitrogens with zero attached hydrogens (tertiary/aromatic N) is 2. The molecule has 4 rings (SSSR count). The highest BCUT2D eigenvalue weighted by molar-refractivity contribution is 5.98. The van der Waals surface area contributed by atoms with E-state index in [9.17, 15) is 18.8 Å². The Bertz CT molecular complexity index is 1050. The molecule has 1 fully saturated rings. The topological polar surface area (TPSA) is 107 Å². The number of carboxylic acids is 2.